The lowest BCUT2D eigenvalue weighted by atomic mass is 10.2. The second-order valence-corrected chi connectivity index (χ2v) is 3.77. The van der Waals surface area contributed by atoms with Crippen LogP contribution in [0.3, 0.4) is 0 Å². The van der Waals surface area contributed by atoms with Crippen molar-refractivity contribution < 1.29 is 9.90 Å². The molecule has 0 aromatic heterocycles. The van der Waals surface area contributed by atoms with E-state index < -0.39 is 5.97 Å². The van der Waals surface area contributed by atoms with E-state index in [1.165, 1.54) is 17.4 Å². The molecule has 7 radical (unpaired) electrons. The van der Waals surface area contributed by atoms with Gasteiger partial charge < -0.3 is 5.11 Å². The van der Waals surface area contributed by atoms with Crippen LogP contribution in [-0.4, -0.2) is 32.8 Å². The molecule has 2 nitrogen and oxygen atoms in total. The van der Waals surface area contributed by atoms with Crippen molar-refractivity contribution in [3.8, 4) is 0 Å². The minimum absolute atomic E-state index is 0.327. The monoisotopic (exact) mass is 197 g/mol. The van der Waals surface area contributed by atoms with E-state index in [0.29, 0.717) is 6.42 Å². The molecule has 0 amide bonds. The van der Waals surface area contributed by atoms with Gasteiger partial charge in [0.05, 0.1) is 0 Å². The Labute approximate surface area is 94.5 Å². The molecule has 13 heavy (non-hydrogen) atoms. The fourth-order valence-electron chi connectivity index (χ4n) is 0.776. The summed E-state index contributed by atoms with van der Waals surface area (Å²) in [6, 6.07) is 0. The highest BCUT2D eigenvalue weighted by molar-refractivity contribution is 6.08. The minimum Gasteiger partial charge on any atom is -0.481 e. The molecule has 0 aromatic rings. The van der Waals surface area contributed by atoms with E-state index in [0.717, 1.165) is 19.3 Å². The van der Waals surface area contributed by atoms with Gasteiger partial charge in [0.1, 0.15) is 0 Å². The molecule has 0 fully saturated rings. The van der Waals surface area contributed by atoms with Gasteiger partial charge in [0.25, 0.3) is 4.55 Å². The van der Waals surface area contributed by atoms with Crippen molar-refractivity contribution in [2.24, 2.45) is 0 Å². The van der Waals surface area contributed by atoms with Crippen LogP contribution in [0.4, 0.5) is 0 Å². The summed E-state index contributed by atoms with van der Waals surface area (Å²) in [4.78, 5) is 9.87. The zero-order valence-electron chi connectivity index (χ0n) is 9.01. The highest BCUT2D eigenvalue weighted by atomic mass is 24.4. The van der Waals surface area contributed by atoms with Crippen LogP contribution < -0.4 is 0 Å². The van der Waals surface area contributed by atoms with Crippen LogP contribution in [-0.2, 0) is 4.79 Å². The summed E-state index contributed by atoms with van der Waals surface area (Å²) >= 11 is 2.05. The summed E-state index contributed by atoms with van der Waals surface area (Å²) in [6.07, 6.45) is 6.03. The van der Waals surface area contributed by atoms with Crippen molar-refractivity contribution >= 4 is 27.7 Å². The Morgan fingerprint density at radius 3 is 1.92 bits per heavy atom. The topological polar surface area (TPSA) is 37.3 Å². The second-order valence-electron chi connectivity index (χ2n) is 3.06. The summed E-state index contributed by atoms with van der Waals surface area (Å²) in [5, 5.41) is 8.14. The molecule has 0 saturated heterocycles. The molecule has 0 unspecified atom stereocenters. The minimum atomic E-state index is -0.682. The highest BCUT2D eigenvalue weighted by Gasteiger charge is 2.19. The largest absolute Gasteiger partial charge is 1.41 e. The molecule has 0 saturated carbocycles. The molecule has 0 aliphatic rings. The zero-order chi connectivity index (χ0) is 10.5. The number of rotatable bonds is 6. The number of aliphatic carboxylic acids is 1. The smallest absolute Gasteiger partial charge is 0.481 e. The third-order valence-corrected chi connectivity index (χ3v) is 2.10. The normalized spacial score (nSPS) is 8.85. The van der Waals surface area contributed by atoms with Crippen LogP contribution in [0.15, 0.2) is 0 Å². The van der Waals surface area contributed by atoms with Gasteiger partial charge in [-0.2, -0.15) is 0 Å². The van der Waals surface area contributed by atoms with Crippen LogP contribution in [0.5, 0.6) is 0 Å². The maximum absolute atomic E-state index is 9.87. The zero-order valence-corrected chi connectivity index (χ0v) is 10.4. The van der Waals surface area contributed by atoms with Gasteiger partial charge in [-0.25, -0.2) is 0 Å². The van der Waals surface area contributed by atoms with Gasteiger partial charge in [0.2, 0.25) is 0 Å². The predicted octanol–water partition coefficient (Wildman–Crippen LogP) is 3.02. The Bertz CT molecular complexity index is 103. The first-order chi connectivity index (χ1) is 6.18. The van der Waals surface area contributed by atoms with E-state index in [9.17, 15) is 4.79 Å². The van der Waals surface area contributed by atoms with Crippen LogP contribution in [0.1, 0.15) is 52.4 Å². The Morgan fingerprint density at radius 2 is 1.69 bits per heavy atom. The van der Waals surface area contributed by atoms with Crippen molar-refractivity contribution in [1.82, 2.24) is 0 Å². The van der Waals surface area contributed by atoms with Crippen molar-refractivity contribution in [3.05, 3.63) is 0 Å². The molecule has 73 valence electrons. The lowest BCUT2D eigenvalue weighted by Gasteiger charge is -1.89. The van der Waals surface area contributed by atoms with Gasteiger partial charge in [-0.3, -0.25) is 4.79 Å². The Hall–Kier alpha value is 0.236. The van der Waals surface area contributed by atoms with Crippen molar-refractivity contribution in [2.75, 3.05) is 0 Å². The average molecular weight is 198 g/mol. The summed E-state index contributed by atoms with van der Waals surface area (Å²) in [5.41, 5.74) is 0. The van der Waals surface area contributed by atoms with E-state index in [1.807, 2.05) is 21.7 Å². The lowest BCUT2D eigenvalue weighted by molar-refractivity contribution is -0.137. The molecule has 0 aliphatic heterocycles. The molecule has 0 heterocycles. The standard InChI is InChI=1S/C6H12O2.C4H9.Mg/c1-2-3-4-5-6(7)8;1-3-4-2;/h2-5H2,1H3,(H,7,8);1,3-4H2,2H3;/q;;+2. The average Bonchev–Trinajstić information content (AvgIpc) is 2.07. The maximum atomic E-state index is 9.87. The Balaban J connectivity index is 0. The number of hydrogen-bond acceptors (Lipinski definition) is 1. The fraction of sp³-hybridized carbons (Fsp3) is 0.900. The third-order valence-electron chi connectivity index (χ3n) is 1.60. The van der Waals surface area contributed by atoms with Gasteiger partial charge in [-0.05, 0) is 12.8 Å². The summed E-state index contributed by atoms with van der Waals surface area (Å²) in [6.45, 7) is 4.27. The van der Waals surface area contributed by atoms with Gasteiger partial charge in [0, 0.05) is 12.8 Å². The molecule has 0 aliphatic carbocycles. The SMILES string of the molecule is CCCCCC(=O)O.CCC[CH2][Mg+2]. The number of carboxylic acid groups (broad SMARTS) is 1. The van der Waals surface area contributed by atoms with Gasteiger partial charge in [0.15, 0.2) is 0 Å². The third kappa shape index (κ3) is 24.5. The van der Waals surface area contributed by atoms with Gasteiger partial charge in [-0.1, -0.05) is 26.7 Å². The first-order valence-corrected chi connectivity index (χ1v) is 6.20. The van der Waals surface area contributed by atoms with Gasteiger partial charge in [-0.15, -0.1) is 0 Å². The van der Waals surface area contributed by atoms with E-state index in [1.54, 1.807) is 0 Å². The number of hydrogen-bond donors (Lipinski definition) is 1. The number of carbonyl (C=O) groups is 1. The quantitative estimate of drug-likeness (QED) is 0.525. The van der Waals surface area contributed by atoms with E-state index >= 15 is 0 Å². The summed E-state index contributed by atoms with van der Waals surface area (Å²) in [7, 11) is 0. The Kier molecular flexibility index (Phi) is 17.8. The van der Waals surface area contributed by atoms with Crippen LogP contribution in [0.2, 0.25) is 4.55 Å². The van der Waals surface area contributed by atoms with Crippen molar-refractivity contribution in [2.45, 2.75) is 56.9 Å². The molecule has 3 heteroatoms. The van der Waals surface area contributed by atoms with Crippen LogP contribution in [0, 0.1) is 0 Å². The molecule has 0 bridgehead atoms. The van der Waals surface area contributed by atoms with E-state index in [-0.39, 0.29) is 0 Å². The number of carboxylic acids is 1. The van der Waals surface area contributed by atoms with Gasteiger partial charge >= 0.3 is 27.7 Å². The lowest BCUT2D eigenvalue weighted by Crippen LogP contribution is -1.92. The molecule has 0 aromatic carbocycles. The van der Waals surface area contributed by atoms with E-state index in [4.69, 9.17) is 5.11 Å². The van der Waals surface area contributed by atoms with Crippen LogP contribution in [0.25, 0.3) is 0 Å². The van der Waals surface area contributed by atoms with E-state index in [2.05, 4.69) is 13.8 Å². The fourth-order valence-corrected chi connectivity index (χ4v) is 1.28. The number of unbranched alkanes of at least 4 members (excludes halogenated alkanes) is 3. The molecule has 0 spiro atoms. The second kappa shape index (κ2) is 14.7. The Morgan fingerprint density at radius 1 is 1.15 bits per heavy atom. The first kappa shape index (κ1) is 15.7. The predicted molar refractivity (Wildman–Crippen MR) is 57.2 cm³/mol. The first-order valence-electron chi connectivity index (χ1n) is 5.20. The summed E-state index contributed by atoms with van der Waals surface area (Å²) < 4.78 is 1.37. The summed E-state index contributed by atoms with van der Waals surface area (Å²) in [5.74, 6) is -0.682. The highest BCUT2D eigenvalue weighted by Crippen LogP contribution is 1.97. The molecule has 0 rings (SSSR count). The molecule has 1 N–H and O–H groups in total. The van der Waals surface area contributed by atoms with Crippen molar-refractivity contribution in [3.63, 3.8) is 0 Å². The molecule has 0 atom stereocenters. The molecular formula is C10H21MgO2+2. The molecular weight excluding hydrogens is 176 g/mol. The maximum Gasteiger partial charge on any atom is 1.41 e. The van der Waals surface area contributed by atoms with Crippen LogP contribution >= 0.6 is 0 Å². The van der Waals surface area contributed by atoms with Crippen molar-refractivity contribution in [1.29, 1.82) is 0 Å².